The van der Waals surface area contributed by atoms with E-state index in [-0.39, 0.29) is 28.8 Å². The Morgan fingerprint density at radius 3 is 2.45 bits per heavy atom. The van der Waals surface area contributed by atoms with Gasteiger partial charge in [-0.25, -0.2) is 14.6 Å². The molecule has 2 aromatic heterocycles. The van der Waals surface area contributed by atoms with Crippen LogP contribution in [0.25, 0.3) is 0 Å². The molecule has 0 spiro atoms. The largest absolute Gasteiger partial charge is 0.448 e. The van der Waals surface area contributed by atoms with Crippen LogP contribution in [0.15, 0.2) is 106 Å². The fraction of sp³-hybridized carbons (Fsp3) is 0.278. The number of thioether (sulfide) groups is 3. The van der Waals surface area contributed by atoms with Crippen LogP contribution in [0, 0.1) is 0 Å². The van der Waals surface area contributed by atoms with Gasteiger partial charge in [-0.3, -0.25) is 24.9 Å². The average Bonchev–Trinajstić information content (AvgIpc) is 3.86. The van der Waals surface area contributed by atoms with Crippen molar-refractivity contribution in [1.29, 1.82) is 0 Å². The molecule has 0 aliphatic carbocycles. The van der Waals surface area contributed by atoms with Crippen LogP contribution in [0.1, 0.15) is 43.7 Å². The van der Waals surface area contributed by atoms with Gasteiger partial charge in [0.15, 0.2) is 16.9 Å². The highest BCUT2D eigenvalue weighted by molar-refractivity contribution is 8.18. The molecule has 4 heterocycles. The summed E-state index contributed by atoms with van der Waals surface area (Å²) in [7, 11) is 0. The molecule has 3 amide bonds. The highest BCUT2D eigenvalue weighted by Crippen LogP contribution is 2.45. The first-order valence-corrected chi connectivity index (χ1v) is 20.6. The maximum absolute atomic E-state index is 14.3. The van der Waals surface area contributed by atoms with Gasteiger partial charge in [0.1, 0.15) is 40.0 Å². The average molecular weight is 821 g/mol. The van der Waals surface area contributed by atoms with Crippen LogP contribution in [0.3, 0.4) is 0 Å². The van der Waals surface area contributed by atoms with Gasteiger partial charge in [-0.15, -0.1) is 40.0 Å². The molecule has 3 N–H and O–H groups in total. The summed E-state index contributed by atoms with van der Waals surface area (Å²) >= 11 is 5.27. The lowest BCUT2D eigenvalue weighted by Gasteiger charge is -2.49. The zero-order valence-corrected chi connectivity index (χ0v) is 33.1. The van der Waals surface area contributed by atoms with Crippen molar-refractivity contribution in [3.63, 3.8) is 0 Å². The minimum atomic E-state index is -1.02. The van der Waals surface area contributed by atoms with Crippen molar-refractivity contribution >= 4 is 81.3 Å². The lowest BCUT2D eigenvalue weighted by atomic mass is 10.0. The first kappa shape index (κ1) is 39.6. The molecule has 1 fully saturated rings. The van der Waals surface area contributed by atoms with Crippen molar-refractivity contribution in [3.05, 3.63) is 112 Å². The third-order valence-corrected chi connectivity index (χ3v) is 11.9. The van der Waals surface area contributed by atoms with Gasteiger partial charge in [-0.2, -0.15) is 0 Å². The van der Waals surface area contributed by atoms with Gasteiger partial charge in [0.2, 0.25) is 0 Å². The number of carbonyl (C=O) groups excluding carboxylic acids is 4. The van der Waals surface area contributed by atoms with Crippen LogP contribution in [0.2, 0.25) is 0 Å². The molecule has 2 aromatic carbocycles. The summed E-state index contributed by atoms with van der Waals surface area (Å²) in [5.41, 5.74) is 0.769. The third-order valence-electron chi connectivity index (χ3n) is 7.60. The summed E-state index contributed by atoms with van der Waals surface area (Å²) in [6.07, 6.45) is 1.65. The van der Waals surface area contributed by atoms with Crippen molar-refractivity contribution in [1.82, 2.24) is 30.6 Å². The van der Waals surface area contributed by atoms with Crippen molar-refractivity contribution < 1.29 is 33.5 Å². The van der Waals surface area contributed by atoms with E-state index in [4.69, 9.17) is 14.3 Å². The van der Waals surface area contributed by atoms with E-state index in [0.717, 1.165) is 22.5 Å². The van der Waals surface area contributed by atoms with Gasteiger partial charge in [0.25, 0.3) is 11.8 Å². The lowest BCUT2D eigenvalue weighted by molar-refractivity contribution is -0.154. The number of H-pyrrole nitrogens is 1. The van der Waals surface area contributed by atoms with Crippen LogP contribution in [0.4, 0.5) is 9.93 Å². The van der Waals surface area contributed by atoms with E-state index in [1.165, 1.54) is 51.6 Å². The first-order chi connectivity index (χ1) is 26.5. The summed E-state index contributed by atoms with van der Waals surface area (Å²) in [6, 6.07) is 17.7. The van der Waals surface area contributed by atoms with Crippen LogP contribution in [-0.4, -0.2) is 89.3 Å². The van der Waals surface area contributed by atoms with E-state index < -0.39 is 47.0 Å². The highest BCUT2D eigenvalue weighted by atomic mass is 32.2. The number of nitrogens with zero attached hydrogens (tertiary/aromatic N) is 5. The number of nitrogens with one attached hydrogen (secondary N) is 3. The minimum Gasteiger partial charge on any atom is -0.448 e. The number of benzene rings is 2. The van der Waals surface area contributed by atoms with Gasteiger partial charge in [0, 0.05) is 16.0 Å². The molecule has 2 aliphatic rings. The van der Waals surface area contributed by atoms with Crippen LogP contribution < -0.4 is 10.6 Å². The van der Waals surface area contributed by atoms with Gasteiger partial charge >= 0.3 is 12.1 Å². The summed E-state index contributed by atoms with van der Waals surface area (Å²) in [4.78, 5) is 66.0. The number of esters is 1. The fourth-order valence-electron chi connectivity index (χ4n) is 5.26. The molecule has 0 bridgehead atoms. The van der Waals surface area contributed by atoms with Crippen LogP contribution in [0.5, 0.6) is 0 Å². The summed E-state index contributed by atoms with van der Waals surface area (Å²) in [6.45, 7) is 8.79. The summed E-state index contributed by atoms with van der Waals surface area (Å²) in [5.74, 6) is -1.57. The number of aromatic amines is 1. The standard InChI is InChI=1S/C36H36N8O7S4/c1-5-16-49-42-26(23-18-53-34(38-23)40-35(48)51-36(2,3)4)30(45)39-27-31(46)44-28(24(19-52-32(27)44)54-20-55-25-17-37-43-41-25)33(47)50-29(21-12-8-6-9-13-21)22-14-10-7-11-15-22/h5-15,17-18,27,29,32H,1,16,19-20H2,2-4H3,(H,39,45)(H,37,41,43)(H,38,40,48)/b42-26-/t27-,32+/m1/s1. The molecule has 0 radical (unpaired) electrons. The number of oxime groups is 1. The molecule has 2 aliphatic heterocycles. The van der Waals surface area contributed by atoms with Gasteiger partial charge < -0.3 is 19.6 Å². The predicted molar refractivity (Wildman–Crippen MR) is 212 cm³/mol. The number of aromatic nitrogens is 4. The number of hydrogen-bond donors (Lipinski definition) is 3. The van der Waals surface area contributed by atoms with Crippen molar-refractivity contribution in [2.75, 3.05) is 22.8 Å². The lowest BCUT2D eigenvalue weighted by Crippen LogP contribution is -2.71. The molecule has 0 saturated carbocycles. The molecule has 2 atom stereocenters. The predicted octanol–water partition coefficient (Wildman–Crippen LogP) is 5.94. The number of rotatable bonds is 15. The second-order valence-electron chi connectivity index (χ2n) is 12.6. The second-order valence-corrected chi connectivity index (χ2v) is 17.0. The minimum absolute atomic E-state index is 0.00282. The summed E-state index contributed by atoms with van der Waals surface area (Å²) < 4.78 is 11.5. The van der Waals surface area contributed by atoms with E-state index in [2.05, 4.69) is 42.8 Å². The number of anilines is 1. The van der Waals surface area contributed by atoms with Crippen molar-refractivity contribution in [2.45, 2.75) is 48.9 Å². The molecule has 286 valence electrons. The van der Waals surface area contributed by atoms with E-state index in [0.29, 0.717) is 20.8 Å². The van der Waals surface area contributed by atoms with Gasteiger partial charge in [0.05, 0.1) is 11.3 Å². The monoisotopic (exact) mass is 820 g/mol. The maximum atomic E-state index is 14.3. The zero-order valence-electron chi connectivity index (χ0n) is 29.8. The molecule has 19 heteroatoms. The van der Waals surface area contributed by atoms with Gasteiger partial charge in [-0.1, -0.05) is 95.4 Å². The van der Waals surface area contributed by atoms with Crippen molar-refractivity contribution in [2.24, 2.45) is 5.16 Å². The van der Waals surface area contributed by atoms with E-state index in [9.17, 15) is 19.2 Å². The smallest absolute Gasteiger partial charge is 0.413 e. The molecule has 15 nitrogen and oxygen atoms in total. The Kier molecular flexibility index (Phi) is 13.0. The Balaban J connectivity index is 1.23. The van der Waals surface area contributed by atoms with Crippen LogP contribution >= 0.6 is 46.6 Å². The highest BCUT2D eigenvalue weighted by Gasteiger charge is 2.55. The molecule has 6 rings (SSSR count). The molecule has 0 unspecified atom stereocenters. The molecule has 4 aromatic rings. The molecule has 55 heavy (non-hydrogen) atoms. The fourth-order valence-corrected chi connectivity index (χ4v) is 9.51. The number of carbonyl (C=O) groups is 4. The Morgan fingerprint density at radius 2 is 1.82 bits per heavy atom. The Hall–Kier alpha value is -5.11. The Labute approximate surface area is 333 Å². The number of β-lactam (4-membered cyclic amide) rings is 1. The van der Waals surface area contributed by atoms with Gasteiger partial charge in [-0.05, 0) is 31.9 Å². The molecule has 1 saturated heterocycles. The number of thiazole rings is 1. The topological polar surface area (TPSA) is 190 Å². The van der Waals surface area contributed by atoms with E-state index in [1.807, 2.05) is 60.7 Å². The summed E-state index contributed by atoms with van der Waals surface area (Å²) in [5, 5.41) is 21.9. The van der Waals surface area contributed by atoms with Crippen molar-refractivity contribution in [3.8, 4) is 0 Å². The third kappa shape index (κ3) is 9.96. The number of amides is 3. The SMILES string of the molecule is C=CCO/N=C(\C(=O)N[C@@H]1C(=O)N2C(C(=O)OC(c3ccccc3)c3ccccc3)=C(SCSc3c[nH]nn3)CS[C@@H]12)c1csc(NC(=O)OC(C)(C)C)n1. The number of fused-ring (bicyclic) bond motifs is 1. The maximum Gasteiger partial charge on any atom is 0.413 e. The normalized spacial score (nSPS) is 16.9. The first-order valence-electron chi connectivity index (χ1n) is 16.7. The number of hydrogen-bond acceptors (Lipinski definition) is 15. The van der Waals surface area contributed by atoms with E-state index >= 15 is 0 Å². The van der Waals surface area contributed by atoms with Crippen LogP contribution in [-0.2, 0) is 28.7 Å². The zero-order chi connectivity index (χ0) is 39.0. The molecular weight excluding hydrogens is 785 g/mol. The Bertz CT molecular complexity index is 2030. The quantitative estimate of drug-likeness (QED) is 0.0187. The van der Waals surface area contributed by atoms with E-state index in [1.54, 1.807) is 27.0 Å². The number of ether oxygens (including phenoxy) is 2. The second kappa shape index (κ2) is 18.0. The molecular formula is C36H36N8O7S4. The Morgan fingerprint density at radius 1 is 1.11 bits per heavy atom.